The summed E-state index contributed by atoms with van der Waals surface area (Å²) in [5.41, 5.74) is 0.114. The fourth-order valence-electron chi connectivity index (χ4n) is 1.64. The normalized spacial score (nSPS) is 12.2. The van der Waals surface area contributed by atoms with Crippen molar-refractivity contribution in [2.24, 2.45) is 5.92 Å². The van der Waals surface area contributed by atoms with Gasteiger partial charge in [0.25, 0.3) is 5.69 Å². The number of carboxylic acids is 1. The van der Waals surface area contributed by atoms with Gasteiger partial charge < -0.3 is 10.4 Å². The van der Waals surface area contributed by atoms with Gasteiger partial charge in [-0.25, -0.2) is 4.79 Å². The highest BCUT2D eigenvalue weighted by atomic mass is 16.6. The van der Waals surface area contributed by atoms with Crippen LogP contribution < -0.4 is 5.32 Å². The highest BCUT2D eigenvalue weighted by Gasteiger charge is 2.22. The molecule has 0 amide bonds. The van der Waals surface area contributed by atoms with Crippen LogP contribution in [0.1, 0.15) is 20.3 Å². The molecule has 98 valence electrons. The number of hydrogen-bond donors (Lipinski definition) is 2. The first-order valence-corrected chi connectivity index (χ1v) is 5.64. The average molecular weight is 252 g/mol. The van der Waals surface area contributed by atoms with Crippen LogP contribution in [0.15, 0.2) is 24.3 Å². The topological polar surface area (TPSA) is 92.5 Å². The molecule has 0 heterocycles. The molecule has 0 aliphatic heterocycles. The molecular formula is C12H16N2O4. The lowest BCUT2D eigenvalue weighted by molar-refractivity contribution is -0.384. The number of aliphatic carboxylic acids is 1. The van der Waals surface area contributed by atoms with E-state index in [2.05, 4.69) is 5.32 Å². The lowest BCUT2D eigenvalue weighted by Crippen LogP contribution is -2.30. The maximum absolute atomic E-state index is 11.1. The van der Waals surface area contributed by atoms with Crippen molar-refractivity contribution >= 4 is 17.3 Å². The second-order valence-corrected chi connectivity index (χ2v) is 4.44. The predicted molar refractivity (Wildman–Crippen MR) is 67.6 cm³/mol. The number of anilines is 1. The molecule has 0 aliphatic rings. The number of carboxylic acid groups (broad SMARTS) is 1. The van der Waals surface area contributed by atoms with E-state index in [1.54, 1.807) is 12.1 Å². The lowest BCUT2D eigenvalue weighted by Gasteiger charge is -2.17. The number of benzene rings is 1. The Bertz CT molecular complexity index is 445. The Balaban J connectivity index is 2.93. The van der Waals surface area contributed by atoms with Gasteiger partial charge in [0, 0.05) is 6.07 Å². The van der Waals surface area contributed by atoms with E-state index in [0.29, 0.717) is 6.42 Å². The van der Waals surface area contributed by atoms with Crippen LogP contribution in [0, 0.1) is 16.0 Å². The van der Waals surface area contributed by atoms with Crippen molar-refractivity contribution < 1.29 is 14.8 Å². The third-order valence-corrected chi connectivity index (χ3v) is 2.44. The molecule has 0 bridgehead atoms. The molecule has 2 N–H and O–H groups in total. The molecule has 0 radical (unpaired) electrons. The maximum atomic E-state index is 11.1. The van der Waals surface area contributed by atoms with Gasteiger partial charge in [-0.05, 0) is 18.4 Å². The molecule has 0 saturated carbocycles. The van der Waals surface area contributed by atoms with E-state index in [-0.39, 0.29) is 17.3 Å². The highest BCUT2D eigenvalue weighted by molar-refractivity contribution is 5.78. The van der Waals surface area contributed by atoms with Crippen LogP contribution in [-0.2, 0) is 4.79 Å². The van der Waals surface area contributed by atoms with Crippen molar-refractivity contribution in [1.29, 1.82) is 0 Å². The number of nitrogens with zero attached hydrogens (tertiary/aromatic N) is 1. The van der Waals surface area contributed by atoms with Crippen LogP contribution in [0.3, 0.4) is 0 Å². The number of hydrogen-bond acceptors (Lipinski definition) is 4. The number of carbonyl (C=O) groups is 1. The van der Waals surface area contributed by atoms with Gasteiger partial charge in [0.15, 0.2) is 0 Å². The van der Waals surface area contributed by atoms with Gasteiger partial charge in [0.2, 0.25) is 0 Å². The summed E-state index contributed by atoms with van der Waals surface area (Å²) in [7, 11) is 0. The number of para-hydroxylation sites is 2. The maximum Gasteiger partial charge on any atom is 0.326 e. The van der Waals surface area contributed by atoms with E-state index in [1.165, 1.54) is 12.1 Å². The smallest absolute Gasteiger partial charge is 0.326 e. The first-order chi connectivity index (χ1) is 8.41. The highest BCUT2D eigenvalue weighted by Crippen LogP contribution is 2.25. The van der Waals surface area contributed by atoms with E-state index in [9.17, 15) is 14.9 Å². The standard InChI is InChI=1S/C12H16N2O4/c1-8(2)7-10(12(15)16)13-9-5-3-4-6-11(9)14(17)18/h3-6,8,10,13H,7H2,1-2H3,(H,15,16)/t10-/m0/s1. The molecule has 0 aromatic heterocycles. The first-order valence-electron chi connectivity index (χ1n) is 5.64. The van der Waals surface area contributed by atoms with E-state index in [4.69, 9.17) is 5.11 Å². The van der Waals surface area contributed by atoms with Crippen molar-refractivity contribution in [2.45, 2.75) is 26.3 Å². The van der Waals surface area contributed by atoms with Crippen LogP contribution in [0.5, 0.6) is 0 Å². The van der Waals surface area contributed by atoms with Crippen LogP contribution in [0.2, 0.25) is 0 Å². The van der Waals surface area contributed by atoms with Gasteiger partial charge in [-0.2, -0.15) is 0 Å². The number of rotatable bonds is 6. The zero-order chi connectivity index (χ0) is 13.7. The van der Waals surface area contributed by atoms with E-state index < -0.39 is 16.9 Å². The molecule has 1 atom stereocenters. The second kappa shape index (κ2) is 6.00. The quantitative estimate of drug-likeness (QED) is 0.599. The van der Waals surface area contributed by atoms with E-state index >= 15 is 0 Å². The summed E-state index contributed by atoms with van der Waals surface area (Å²) in [4.78, 5) is 21.4. The fraction of sp³-hybridized carbons (Fsp3) is 0.417. The molecule has 1 rings (SSSR count). The monoisotopic (exact) mass is 252 g/mol. The van der Waals surface area contributed by atoms with Gasteiger partial charge in [-0.15, -0.1) is 0 Å². The van der Waals surface area contributed by atoms with Crippen molar-refractivity contribution in [3.63, 3.8) is 0 Å². The summed E-state index contributed by atoms with van der Waals surface area (Å²) in [6.45, 7) is 3.80. The summed E-state index contributed by atoms with van der Waals surface area (Å²) in [5.74, 6) is -0.830. The minimum absolute atomic E-state index is 0.118. The molecule has 6 heteroatoms. The minimum atomic E-state index is -1.01. The largest absolute Gasteiger partial charge is 0.480 e. The second-order valence-electron chi connectivity index (χ2n) is 4.44. The van der Waals surface area contributed by atoms with E-state index in [0.717, 1.165) is 0 Å². The zero-order valence-electron chi connectivity index (χ0n) is 10.3. The number of nitrogens with one attached hydrogen (secondary N) is 1. The summed E-state index contributed by atoms with van der Waals surface area (Å²) >= 11 is 0. The van der Waals surface area contributed by atoms with Crippen LogP contribution >= 0.6 is 0 Å². The molecule has 0 unspecified atom stereocenters. The summed E-state index contributed by atoms with van der Waals surface area (Å²) in [5, 5.41) is 22.6. The number of nitro groups is 1. The lowest BCUT2D eigenvalue weighted by atomic mass is 10.0. The predicted octanol–water partition coefficient (Wildman–Crippen LogP) is 2.51. The third kappa shape index (κ3) is 3.73. The molecule has 6 nitrogen and oxygen atoms in total. The minimum Gasteiger partial charge on any atom is -0.480 e. The average Bonchev–Trinajstić information content (AvgIpc) is 2.27. The molecule has 0 fully saturated rings. The van der Waals surface area contributed by atoms with Crippen molar-refractivity contribution in [3.05, 3.63) is 34.4 Å². The zero-order valence-corrected chi connectivity index (χ0v) is 10.3. The van der Waals surface area contributed by atoms with Gasteiger partial charge in [0.05, 0.1) is 4.92 Å². The summed E-state index contributed by atoms with van der Waals surface area (Å²) < 4.78 is 0. The third-order valence-electron chi connectivity index (χ3n) is 2.44. The Morgan fingerprint density at radius 2 is 2.06 bits per heavy atom. The molecule has 1 aromatic carbocycles. The molecule has 0 spiro atoms. The van der Waals surface area contributed by atoms with E-state index in [1.807, 2.05) is 13.8 Å². The van der Waals surface area contributed by atoms with Gasteiger partial charge in [-0.3, -0.25) is 10.1 Å². The number of nitro benzene ring substituents is 1. The van der Waals surface area contributed by atoms with Crippen molar-refractivity contribution in [1.82, 2.24) is 0 Å². The van der Waals surface area contributed by atoms with Crippen LogP contribution in [-0.4, -0.2) is 22.0 Å². The molecular weight excluding hydrogens is 236 g/mol. The fourth-order valence-corrected chi connectivity index (χ4v) is 1.64. The Kier molecular flexibility index (Phi) is 4.65. The Hall–Kier alpha value is -2.11. The molecule has 18 heavy (non-hydrogen) atoms. The summed E-state index contributed by atoms with van der Waals surface area (Å²) in [6, 6.07) is 5.20. The Labute approximate surface area is 105 Å². The molecule has 0 saturated heterocycles. The first kappa shape index (κ1) is 14.0. The summed E-state index contributed by atoms with van der Waals surface area (Å²) in [6.07, 6.45) is 0.404. The van der Waals surface area contributed by atoms with Crippen LogP contribution in [0.4, 0.5) is 11.4 Å². The van der Waals surface area contributed by atoms with Crippen LogP contribution in [0.25, 0.3) is 0 Å². The van der Waals surface area contributed by atoms with Gasteiger partial charge >= 0.3 is 5.97 Å². The Morgan fingerprint density at radius 3 is 2.56 bits per heavy atom. The van der Waals surface area contributed by atoms with Crippen molar-refractivity contribution in [3.8, 4) is 0 Å². The molecule has 0 aliphatic carbocycles. The Morgan fingerprint density at radius 1 is 1.44 bits per heavy atom. The molecule has 1 aromatic rings. The van der Waals surface area contributed by atoms with Gasteiger partial charge in [0.1, 0.15) is 11.7 Å². The van der Waals surface area contributed by atoms with Crippen molar-refractivity contribution in [2.75, 3.05) is 5.32 Å². The van der Waals surface area contributed by atoms with Gasteiger partial charge in [-0.1, -0.05) is 26.0 Å². The SMILES string of the molecule is CC(C)C[C@H](Nc1ccccc1[N+](=O)[O-])C(=O)O.